The van der Waals surface area contributed by atoms with E-state index in [0.29, 0.717) is 10.2 Å². The number of rotatable bonds is 1. The third kappa shape index (κ3) is 2.05. The number of fused-ring (bicyclic) bond motifs is 1. The standard InChI is InChI=1S/C14H8Cl2N2/c15-11-8-13(9-5-6-17-14(16)7-9)18-12-4-2-1-3-10(11)12/h1-8H. The first kappa shape index (κ1) is 11.5. The molecule has 0 radical (unpaired) electrons. The van der Waals surface area contributed by atoms with Crippen LogP contribution in [0.4, 0.5) is 0 Å². The Morgan fingerprint density at radius 2 is 1.78 bits per heavy atom. The van der Waals surface area contributed by atoms with E-state index in [0.717, 1.165) is 22.2 Å². The molecule has 0 fully saturated rings. The van der Waals surface area contributed by atoms with Gasteiger partial charge in [0.25, 0.3) is 0 Å². The van der Waals surface area contributed by atoms with Crippen LogP contribution < -0.4 is 0 Å². The lowest BCUT2D eigenvalue weighted by molar-refractivity contribution is 1.31. The fourth-order valence-electron chi connectivity index (χ4n) is 1.84. The minimum atomic E-state index is 0.443. The molecule has 4 heteroatoms. The second kappa shape index (κ2) is 4.56. The van der Waals surface area contributed by atoms with Gasteiger partial charge in [0.05, 0.1) is 16.2 Å². The van der Waals surface area contributed by atoms with E-state index in [1.165, 1.54) is 0 Å². The highest BCUT2D eigenvalue weighted by Crippen LogP contribution is 2.28. The van der Waals surface area contributed by atoms with E-state index in [1.54, 1.807) is 12.3 Å². The van der Waals surface area contributed by atoms with E-state index in [9.17, 15) is 0 Å². The van der Waals surface area contributed by atoms with Crippen LogP contribution in [0.3, 0.4) is 0 Å². The first-order valence-electron chi connectivity index (χ1n) is 5.41. The highest BCUT2D eigenvalue weighted by atomic mass is 35.5. The van der Waals surface area contributed by atoms with Crippen molar-refractivity contribution in [3.63, 3.8) is 0 Å². The summed E-state index contributed by atoms with van der Waals surface area (Å²) in [5.74, 6) is 0. The predicted octanol–water partition coefficient (Wildman–Crippen LogP) is 4.60. The molecule has 0 atom stereocenters. The van der Waals surface area contributed by atoms with Crippen molar-refractivity contribution in [2.45, 2.75) is 0 Å². The van der Waals surface area contributed by atoms with Crippen molar-refractivity contribution in [3.05, 3.63) is 58.8 Å². The van der Waals surface area contributed by atoms with Gasteiger partial charge in [-0.25, -0.2) is 9.97 Å². The van der Waals surface area contributed by atoms with Crippen LogP contribution in [-0.2, 0) is 0 Å². The monoisotopic (exact) mass is 274 g/mol. The normalized spacial score (nSPS) is 10.8. The molecule has 0 amide bonds. The quantitative estimate of drug-likeness (QED) is 0.606. The smallest absolute Gasteiger partial charge is 0.129 e. The first-order valence-corrected chi connectivity index (χ1v) is 6.17. The number of halogens is 2. The largest absolute Gasteiger partial charge is 0.248 e. The Morgan fingerprint density at radius 3 is 2.61 bits per heavy atom. The van der Waals surface area contributed by atoms with E-state index < -0.39 is 0 Å². The van der Waals surface area contributed by atoms with Gasteiger partial charge in [-0.2, -0.15) is 0 Å². The molecule has 2 nitrogen and oxygen atoms in total. The molecular formula is C14H8Cl2N2. The maximum Gasteiger partial charge on any atom is 0.129 e. The van der Waals surface area contributed by atoms with Crippen LogP contribution >= 0.6 is 23.2 Å². The molecule has 0 spiro atoms. The van der Waals surface area contributed by atoms with Crippen LogP contribution in [0, 0.1) is 0 Å². The molecule has 2 heterocycles. The van der Waals surface area contributed by atoms with Gasteiger partial charge in [0, 0.05) is 17.1 Å². The average molecular weight is 275 g/mol. The number of para-hydroxylation sites is 1. The van der Waals surface area contributed by atoms with Crippen LogP contribution in [0.5, 0.6) is 0 Å². The number of nitrogens with zero attached hydrogens (tertiary/aromatic N) is 2. The van der Waals surface area contributed by atoms with Gasteiger partial charge in [0.1, 0.15) is 5.15 Å². The Morgan fingerprint density at radius 1 is 0.944 bits per heavy atom. The molecule has 2 aromatic heterocycles. The molecule has 88 valence electrons. The van der Waals surface area contributed by atoms with E-state index in [4.69, 9.17) is 23.2 Å². The van der Waals surface area contributed by atoms with Crippen LogP contribution in [0.2, 0.25) is 10.2 Å². The van der Waals surface area contributed by atoms with Crippen molar-refractivity contribution in [3.8, 4) is 11.3 Å². The van der Waals surface area contributed by atoms with Crippen molar-refractivity contribution in [1.82, 2.24) is 9.97 Å². The van der Waals surface area contributed by atoms with Crippen molar-refractivity contribution in [1.29, 1.82) is 0 Å². The summed E-state index contributed by atoms with van der Waals surface area (Å²) in [4.78, 5) is 8.53. The van der Waals surface area contributed by atoms with Gasteiger partial charge in [-0.15, -0.1) is 0 Å². The molecule has 0 aliphatic carbocycles. The second-order valence-electron chi connectivity index (χ2n) is 3.87. The maximum atomic E-state index is 6.26. The zero-order chi connectivity index (χ0) is 12.5. The van der Waals surface area contributed by atoms with Crippen LogP contribution in [-0.4, -0.2) is 9.97 Å². The van der Waals surface area contributed by atoms with Crippen molar-refractivity contribution < 1.29 is 0 Å². The SMILES string of the molecule is Clc1cc(-c2cc(Cl)c3ccccc3n2)ccn1. The number of aromatic nitrogens is 2. The average Bonchev–Trinajstić information content (AvgIpc) is 2.39. The van der Waals surface area contributed by atoms with Crippen LogP contribution in [0.1, 0.15) is 0 Å². The van der Waals surface area contributed by atoms with Crippen LogP contribution in [0.15, 0.2) is 48.7 Å². The Balaban J connectivity index is 2.24. The van der Waals surface area contributed by atoms with E-state index in [-0.39, 0.29) is 0 Å². The van der Waals surface area contributed by atoms with Gasteiger partial charge in [-0.3, -0.25) is 0 Å². The molecule has 1 aromatic carbocycles. The van der Waals surface area contributed by atoms with Crippen molar-refractivity contribution in [2.75, 3.05) is 0 Å². The third-order valence-corrected chi connectivity index (χ3v) is 3.21. The number of pyridine rings is 2. The van der Waals surface area contributed by atoms with Gasteiger partial charge < -0.3 is 0 Å². The molecule has 0 N–H and O–H groups in total. The zero-order valence-corrected chi connectivity index (χ0v) is 10.8. The Bertz CT molecular complexity index is 726. The summed E-state index contributed by atoms with van der Waals surface area (Å²) >= 11 is 12.1. The van der Waals surface area contributed by atoms with Crippen LogP contribution in [0.25, 0.3) is 22.2 Å². The molecule has 3 aromatic rings. The van der Waals surface area contributed by atoms with Gasteiger partial charge in [-0.05, 0) is 24.3 Å². The first-order chi connectivity index (χ1) is 8.74. The molecule has 0 aliphatic heterocycles. The summed E-state index contributed by atoms with van der Waals surface area (Å²) in [7, 11) is 0. The number of hydrogen-bond acceptors (Lipinski definition) is 2. The highest BCUT2D eigenvalue weighted by Gasteiger charge is 2.06. The Hall–Kier alpha value is -1.64. The fraction of sp³-hybridized carbons (Fsp3) is 0. The minimum Gasteiger partial charge on any atom is -0.248 e. The molecule has 0 saturated heterocycles. The molecule has 0 saturated carbocycles. The molecule has 0 aliphatic rings. The minimum absolute atomic E-state index is 0.443. The Labute approximate surface area is 114 Å². The summed E-state index contributed by atoms with van der Waals surface area (Å²) in [6.45, 7) is 0. The summed E-state index contributed by atoms with van der Waals surface area (Å²) in [6, 6.07) is 13.2. The molecule has 3 rings (SSSR count). The lowest BCUT2D eigenvalue weighted by Crippen LogP contribution is -1.87. The zero-order valence-electron chi connectivity index (χ0n) is 9.27. The van der Waals surface area contributed by atoms with Gasteiger partial charge in [0.15, 0.2) is 0 Å². The number of hydrogen-bond donors (Lipinski definition) is 0. The van der Waals surface area contributed by atoms with E-state index in [1.807, 2.05) is 36.4 Å². The fourth-order valence-corrected chi connectivity index (χ4v) is 2.28. The van der Waals surface area contributed by atoms with Gasteiger partial charge >= 0.3 is 0 Å². The number of benzene rings is 1. The van der Waals surface area contributed by atoms with E-state index in [2.05, 4.69) is 9.97 Å². The van der Waals surface area contributed by atoms with Crippen molar-refractivity contribution in [2.24, 2.45) is 0 Å². The summed E-state index contributed by atoms with van der Waals surface area (Å²) < 4.78 is 0. The van der Waals surface area contributed by atoms with E-state index >= 15 is 0 Å². The molecule has 0 unspecified atom stereocenters. The topological polar surface area (TPSA) is 25.8 Å². The lowest BCUT2D eigenvalue weighted by atomic mass is 10.1. The second-order valence-corrected chi connectivity index (χ2v) is 4.67. The molecular weight excluding hydrogens is 267 g/mol. The maximum absolute atomic E-state index is 6.26. The highest BCUT2D eigenvalue weighted by molar-refractivity contribution is 6.35. The van der Waals surface area contributed by atoms with Crippen molar-refractivity contribution >= 4 is 34.1 Å². The van der Waals surface area contributed by atoms with Gasteiger partial charge in [0.2, 0.25) is 0 Å². The summed E-state index contributed by atoms with van der Waals surface area (Å²) in [5, 5.41) is 2.07. The Kier molecular flexibility index (Phi) is 2.90. The summed E-state index contributed by atoms with van der Waals surface area (Å²) in [6.07, 6.45) is 1.66. The molecule has 18 heavy (non-hydrogen) atoms. The predicted molar refractivity (Wildman–Crippen MR) is 75.0 cm³/mol. The van der Waals surface area contributed by atoms with Gasteiger partial charge in [-0.1, -0.05) is 41.4 Å². The summed E-state index contributed by atoms with van der Waals surface area (Å²) in [5.41, 5.74) is 2.57. The third-order valence-electron chi connectivity index (χ3n) is 2.69. The lowest BCUT2D eigenvalue weighted by Gasteiger charge is -2.05. The molecule has 0 bridgehead atoms.